The van der Waals surface area contributed by atoms with Gasteiger partial charge in [-0.15, -0.1) is 0 Å². The average molecular weight is 205 g/mol. The van der Waals surface area contributed by atoms with E-state index in [9.17, 15) is 4.79 Å². The van der Waals surface area contributed by atoms with Crippen molar-refractivity contribution in [1.82, 2.24) is 4.57 Å². The molecule has 1 heterocycles. The third-order valence-corrected chi connectivity index (χ3v) is 2.63. The van der Waals surface area contributed by atoms with Crippen LogP contribution < -0.4 is 5.76 Å². The summed E-state index contributed by atoms with van der Waals surface area (Å²) in [6, 6.07) is 5.86. The van der Waals surface area contributed by atoms with Gasteiger partial charge in [-0.3, -0.25) is 4.57 Å². The van der Waals surface area contributed by atoms with E-state index in [4.69, 9.17) is 4.42 Å². The maximum absolute atomic E-state index is 11.4. The van der Waals surface area contributed by atoms with Gasteiger partial charge in [-0.2, -0.15) is 0 Å². The molecule has 0 radical (unpaired) electrons. The fraction of sp³-hybridized carbons (Fsp3) is 0.417. The lowest BCUT2D eigenvalue weighted by atomic mass is 9.86. The largest absolute Gasteiger partial charge is 0.419 e. The molecule has 0 fully saturated rings. The van der Waals surface area contributed by atoms with Gasteiger partial charge < -0.3 is 4.42 Å². The molecule has 2 rings (SSSR count). The van der Waals surface area contributed by atoms with E-state index in [1.807, 2.05) is 18.2 Å². The zero-order valence-corrected chi connectivity index (χ0v) is 9.50. The molecule has 0 atom stereocenters. The van der Waals surface area contributed by atoms with Gasteiger partial charge in [0.25, 0.3) is 0 Å². The second-order valence-electron chi connectivity index (χ2n) is 4.83. The molecule has 80 valence electrons. The number of benzene rings is 1. The average Bonchev–Trinajstić information content (AvgIpc) is 2.41. The van der Waals surface area contributed by atoms with Crippen molar-refractivity contribution in [2.45, 2.75) is 26.2 Å². The second kappa shape index (κ2) is 2.99. The molecular formula is C12H15NO2. The maximum Gasteiger partial charge on any atom is 0.419 e. The lowest BCUT2D eigenvalue weighted by Crippen LogP contribution is -2.11. The molecular weight excluding hydrogens is 190 g/mol. The number of fused-ring (bicyclic) bond motifs is 1. The smallest absolute Gasteiger partial charge is 0.407 e. The van der Waals surface area contributed by atoms with Crippen molar-refractivity contribution in [1.29, 1.82) is 0 Å². The van der Waals surface area contributed by atoms with Crippen molar-refractivity contribution in [3.05, 3.63) is 34.3 Å². The Labute approximate surface area is 88.3 Å². The Bertz CT molecular complexity index is 555. The summed E-state index contributed by atoms with van der Waals surface area (Å²) in [6.45, 7) is 6.32. The van der Waals surface area contributed by atoms with Crippen LogP contribution in [0, 0.1) is 0 Å². The Hall–Kier alpha value is -1.51. The van der Waals surface area contributed by atoms with Crippen molar-refractivity contribution in [2.75, 3.05) is 0 Å². The predicted octanol–water partition coefficient (Wildman–Crippen LogP) is 2.43. The summed E-state index contributed by atoms with van der Waals surface area (Å²) in [4.78, 5) is 11.4. The van der Waals surface area contributed by atoms with Gasteiger partial charge in [0.2, 0.25) is 0 Å². The van der Waals surface area contributed by atoms with Crippen molar-refractivity contribution < 1.29 is 4.42 Å². The van der Waals surface area contributed by atoms with E-state index >= 15 is 0 Å². The van der Waals surface area contributed by atoms with Gasteiger partial charge in [0, 0.05) is 12.6 Å². The molecule has 0 bridgehead atoms. The van der Waals surface area contributed by atoms with Crippen LogP contribution in [0.3, 0.4) is 0 Å². The number of aromatic nitrogens is 1. The summed E-state index contributed by atoms with van der Waals surface area (Å²) in [5.74, 6) is -0.304. The van der Waals surface area contributed by atoms with Gasteiger partial charge in [0.05, 0.1) is 5.52 Å². The van der Waals surface area contributed by atoms with Gasteiger partial charge in [0.15, 0.2) is 5.58 Å². The summed E-state index contributed by atoms with van der Waals surface area (Å²) >= 11 is 0. The van der Waals surface area contributed by atoms with E-state index in [1.54, 1.807) is 7.05 Å². The van der Waals surface area contributed by atoms with Gasteiger partial charge in [-0.25, -0.2) is 4.79 Å². The maximum atomic E-state index is 11.4. The second-order valence-corrected chi connectivity index (χ2v) is 4.83. The number of nitrogens with zero attached hydrogens (tertiary/aromatic N) is 1. The molecule has 0 saturated carbocycles. The summed E-state index contributed by atoms with van der Waals surface area (Å²) < 4.78 is 6.80. The molecule has 3 nitrogen and oxygen atoms in total. The van der Waals surface area contributed by atoms with Crippen LogP contribution in [-0.4, -0.2) is 4.57 Å². The summed E-state index contributed by atoms with van der Waals surface area (Å²) in [7, 11) is 1.72. The van der Waals surface area contributed by atoms with Gasteiger partial charge in [-0.1, -0.05) is 32.9 Å². The normalized spacial score (nSPS) is 12.3. The minimum Gasteiger partial charge on any atom is -0.407 e. The van der Waals surface area contributed by atoms with Crippen LogP contribution in [-0.2, 0) is 12.5 Å². The monoisotopic (exact) mass is 205 g/mol. The number of aryl methyl sites for hydroxylation is 1. The SMILES string of the molecule is Cn1c(=O)oc2c(C(C)(C)C)cccc21. The standard InChI is InChI=1S/C12H15NO2/c1-12(2,3)8-6-5-7-9-10(8)15-11(14)13(9)4/h5-7H,1-4H3. The molecule has 0 unspecified atom stereocenters. The van der Waals surface area contributed by atoms with Crippen molar-refractivity contribution in [3.8, 4) is 0 Å². The number of rotatable bonds is 0. The first-order chi connectivity index (χ1) is 6.91. The van der Waals surface area contributed by atoms with Gasteiger partial charge in [-0.05, 0) is 11.5 Å². The third kappa shape index (κ3) is 1.48. The third-order valence-electron chi connectivity index (χ3n) is 2.63. The number of hydrogen-bond donors (Lipinski definition) is 0. The van der Waals surface area contributed by atoms with E-state index in [0.29, 0.717) is 5.58 Å². The van der Waals surface area contributed by atoms with E-state index in [2.05, 4.69) is 20.8 Å². The van der Waals surface area contributed by atoms with Crippen LogP contribution in [0.1, 0.15) is 26.3 Å². The van der Waals surface area contributed by atoms with Crippen molar-refractivity contribution in [2.24, 2.45) is 7.05 Å². The highest BCUT2D eigenvalue weighted by Gasteiger charge is 2.20. The molecule has 0 aliphatic carbocycles. The summed E-state index contributed by atoms with van der Waals surface area (Å²) in [6.07, 6.45) is 0. The van der Waals surface area contributed by atoms with Crippen LogP contribution in [0.4, 0.5) is 0 Å². The van der Waals surface area contributed by atoms with Crippen LogP contribution >= 0.6 is 0 Å². The highest BCUT2D eigenvalue weighted by atomic mass is 16.4. The van der Waals surface area contributed by atoms with Gasteiger partial charge in [0.1, 0.15) is 0 Å². The van der Waals surface area contributed by atoms with Crippen molar-refractivity contribution >= 4 is 11.1 Å². The predicted molar refractivity (Wildman–Crippen MR) is 60.2 cm³/mol. The topological polar surface area (TPSA) is 35.1 Å². The number of hydrogen-bond acceptors (Lipinski definition) is 2. The molecule has 0 N–H and O–H groups in total. The first-order valence-electron chi connectivity index (χ1n) is 5.00. The molecule has 0 saturated heterocycles. The minimum atomic E-state index is -0.304. The van der Waals surface area contributed by atoms with Crippen LogP contribution in [0.25, 0.3) is 11.1 Å². The van der Waals surface area contributed by atoms with E-state index in [1.165, 1.54) is 4.57 Å². The summed E-state index contributed by atoms with van der Waals surface area (Å²) in [5, 5.41) is 0. The fourth-order valence-corrected chi connectivity index (χ4v) is 1.74. The Morgan fingerprint density at radius 3 is 2.53 bits per heavy atom. The molecule has 1 aromatic carbocycles. The van der Waals surface area contributed by atoms with Crippen LogP contribution in [0.15, 0.2) is 27.4 Å². The lowest BCUT2D eigenvalue weighted by molar-refractivity contribution is 0.511. The van der Waals surface area contributed by atoms with Gasteiger partial charge >= 0.3 is 5.76 Å². The van der Waals surface area contributed by atoms with E-state index in [-0.39, 0.29) is 11.2 Å². The first-order valence-corrected chi connectivity index (χ1v) is 5.00. The van der Waals surface area contributed by atoms with Crippen LogP contribution in [0.2, 0.25) is 0 Å². The first kappa shape index (κ1) is 10.0. The Balaban J connectivity index is 2.89. The summed E-state index contributed by atoms with van der Waals surface area (Å²) in [5.41, 5.74) is 2.61. The Morgan fingerprint density at radius 2 is 1.93 bits per heavy atom. The van der Waals surface area contributed by atoms with E-state index < -0.39 is 0 Å². The minimum absolute atomic E-state index is 0.0171. The van der Waals surface area contributed by atoms with Crippen LogP contribution in [0.5, 0.6) is 0 Å². The van der Waals surface area contributed by atoms with Crippen molar-refractivity contribution in [3.63, 3.8) is 0 Å². The zero-order chi connectivity index (χ0) is 11.2. The lowest BCUT2D eigenvalue weighted by Gasteiger charge is -2.18. The van der Waals surface area contributed by atoms with E-state index in [0.717, 1.165) is 11.1 Å². The molecule has 0 aliphatic heterocycles. The zero-order valence-electron chi connectivity index (χ0n) is 9.50. The molecule has 0 spiro atoms. The molecule has 2 aromatic rings. The fourth-order valence-electron chi connectivity index (χ4n) is 1.74. The highest BCUT2D eigenvalue weighted by molar-refractivity contribution is 5.77. The Kier molecular flexibility index (Phi) is 2.00. The quantitative estimate of drug-likeness (QED) is 0.662. The molecule has 15 heavy (non-hydrogen) atoms. The molecule has 0 amide bonds. The number of oxazole rings is 1. The highest BCUT2D eigenvalue weighted by Crippen LogP contribution is 2.28. The molecule has 1 aromatic heterocycles. The molecule has 3 heteroatoms. The number of para-hydroxylation sites is 1. The Morgan fingerprint density at radius 1 is 1.27 bits per heavy atom. The molecule has 0 aliphatic rings.